The molecule has 0 aliphatic rings. The molecule has 1 atom stereocenters. The number of nitrogens with one attached hydrogen (secondary N) is 2. The molecule has 2 rings (SSSR count). The molecule has 2 aromatic rings. The van der Waals surface area contributed by atoms with Gasteiger partial charge in [-0.05, 0) is 11.6 Å². The van der Waals surface area contributed by atoms with E-state index in [0.717, 1.165) is 16.5 Å². The number of aromatic nitrogens is 1. The number of para-hydroxylation sites is 1. The maximum Gasteiger partial charge on any atom is 0.320 e. The Morgan fingerprint density at radius 2 is 2.00 bits per heavy atom. The highest BCUT2D eigenvalue weighted by molar-refractivity contribution is 5.91. The molecule has 0 spiro atoms. The minimum absolute atomic E-state index is 0.238. The molecule has 9 N–H and O–H groups in total. The number of carbonyl (C=O) groups is 1. The van der Waals surface area contributed by atoms with Crippen LogP contribution in [0.15, 0.2) is 35.5 Å². The summed E-state index contributed by atoms with van der Waals surface area (Å²) < 4.78 is 0. The van der Waals surface area contributed by atoms with Crippen LogP contribution in [0.3, 0.4) is 0 Å². The predicted molar refractivity (Wildman–Crippen MR) is 94.8 cm³/mol. The van der Waals surface area contributed by atoms with Gasteiger partial charge in [0.2, 0.25) is 5.96 Å². The highest BCUT2D eigenvalue weighted by Gasteiger charge is 2.14. The SMILES string of the molecule is CN(C)C(N)=NC(=N)N.N[C@@H](Cc1c[nH]c2ccccc12)C(=O)O. The van der Waals surface area contributed by atoms with Crippen LogP contribution in [-0.4, -0.2) is 53.0 Å². The number of benzene rings is 1. The van der Waals surface area contributed by atoms with Crippen molar-refractivity contribution < 1.29 is 9.90 Å². The van der Waals surface area contributed by atoms with Crippen LogP contribution in [-0.2, 0) is 11.2 Å². The van der Waals surface area contributed by atoms with Gasteiger partial charge in [-0.15, -0.1) is 0 Å². The van der Waals surface area contributed by atoms with Crippen LogP contribution in [0.5, 0.6) is 0 Å². The molecule has 130 valence electrons. The van der Waals surface area contributed by atoms with Gasteiger partial charge in [0, 0.05) is 37.6 Å². The van der Waals surface area contributed by atoms with E-state index in [1.807, 2.05) is 30.5 Å². The number of guanidine groups is 2. The Morgan fingerprint density at radius 3 is 2.50 bits per heavy atom. The first kappa shape index (κ1) is 19.0. The monoisotopic (exact) mass is 333 g/mol. The average Bonchev–Trinajstić information content (AvgIpc) is 2.90. The maximum atomic E-state index is 10.6. The fourth-order valence-electron chi connectivity index (χ4n) is 1.85. The largest absolute Gasteiger partial charge is 0.480 e. The zero-order valence-electron chi connectivity index (χ0n) is 13.7. The predicted octanol–water partition coefficient (Wildman–Crippen LogP) is -0.122. The number of carboxylic acids is 1. The zero-order chi connectivity index (χ0) is 18.3. The summed E-state index contributed by atoms with van der Waals surface area (Å²) in [4.78, 5) is 18.7. The Bertz CT molecular complexity index is 736. The van der Waals surface area contributed by atoms with Crippen LogP contribution < -0.4 is 17.2 Å². The molecule has 0 fully saturated rings. The van der Waals surface area contributed by atoms with Crippen molar-refractivity contribution in [1.29, 1.82) is 5.41 Å². The molecule has 0 saturated carbocycles. The fraction of sp³-hybridized carbons (Fsp3) is 0.267. The first-order chi connectivity index (χ1) is 11.2. The van der Waals surface area contributed by atoms with E-state index in [-0.39, 0.29) is 11.9 Å². The minimum Gasteiger partial charge on any atom is -0.480 e. The number of aliphatic imine (C=N–C) groups is 1. The van der Waals surface area contributed by atoms with Gasteiger partial charge in [0.05, 0.1) is 0 Å². The summed E-state index contributed by atoms with van der Waals surface area (Å²) in [6.45, 7) is 0. The van der Waals surface area contributed by atoms with E-state index in [4.69, 9.17) is 27.7 Å². The molecule has 0 aliphatic carbocycles. The number of nitrogens with zero attached hydrogens (tertiary/aromatic N) is 2. The average molecular weight is 333 g/mol. The number of fused-ring (bicyclic) bond motifs is 1. The van der Waals surface area contributed by atoms with Crippen LogP contribution in [0, 0.1) is 5.41 Å². The third kappa shape index (κ3) is 5.61. The summed E-state index contributed by atoms with van der Waals surface area (Å²) in [5.41, 5.74) is 17.6. The third-order valence-electron chi connectivity index (χ3n) is 3.13. The van der Waals surface area contributed by atoms with Gasteiger partial charge in [0.1, 0.15) is 6.04 Å². The summed E-state index contributed by atoms with van der Waals surface area (Å²) >= 11 is 0. The van der Waals surface area contributed by atoms with Crippen molar-refractivity contribution in [1.82, 2.24) is 9.88 Å². The highest BCUT2D eigenvalue weighted by Crippen LogP contribution is 2.18. The van der Waals surface area contributed by atoms with Gasteiger partial charge in [-0.2, -0.15) is 4.99 Å². The molecule has 0 bridgehead atoms. The summed E-state index contributed by atoms with van der Waals surface area (Å²) in [6, 6.07) is 6.91. The van der Waals surface area contributed by atoms with Gasteiger partial charge in [0.25, 0.3) is 0 Å². The summed E-state index contributed by atoms with van der Waals surface area (Å²) in [5.74, 6) is -1.01. The van der Waals surface area contributed by atoms with Crippen molar-refractivity contribution in [2.75, 3.05) is 14.1 Å². The number of hydrogen-bond acceptors (Lipinski definition) is 3. The van der Waals surface area contributed by atoms with Gasteiger partial charge in [-0.1, -0.05) is 18.2 Å². The van der Waals surface area contributed by atoms with Crippen molar-refractivity contribution >= 4 is 28.8 Å². The van der Waals surface area contributed by atoms with Gasteiger partial charge < -0.3 is 32.2 Å². The standard InChI is InChI=1S/C11H12N2O2.C4H11N5/c12-9(11(14)15)5-7-6-13-10-4-2-1-3-8(7)10;1-9(2)4(7)8-3(5)6/h1-4,6,9,13H,5,12H2,(H,14,15);1-2H3,(H5,5,6,7,8)/t9-;/m0./s1. The smallest absolute Gasteiger partial charge is 0.320 e. The molecule has 0 amide bonds. The van der Waals surface area contributed by atoms with Crippen molar-refractivity contribution in [3.63, 3.8) is 0 Å². The second kappa shape index (κ2) is 8.53. The highest BCUT2D eigenvalue weighted by atomic mass is 16.4. The van der Waals surface area contributed by atoms with E-state index in [9.17, 15) is 4.79 Å². The maximum absolute atomic E-state index is 10.6. The molecular weight excluding hydrogens is 310 g/mol. The van der Waals surface area contributed by atoms with Crippen molar-refractivity contribution in [3.8, 4) is 0 Å². The number of carboxylic acid groups (broad SMARTS) is 1. The molecule has 9 heteroatoms. The van der Waals surface area contributed by atoms with Crippen molar-refractivity contribution in [2.45, 2.75) is 12.5 Å². The fourth-order valence-corrected chi connectivity index (χ4v) is 1.85. The topological polar surface area (TPSA) is 171 Å². The number of nitrogens with two attached hydrogens (primary N) is 3. The number of hydrogen-bond donors (Lipinski definition) is 6. The lowest BCUT2D eigenvalue weighted by Gasteiger charge is -2.08. The Hall–Kier alpha value is -3.07. The number of aliphatic carboxylic acids is 1. The number of H-pyrrole nitrogens is 1. The first-order valence-electron chi connectivity index (χ1n) is 7.11. The van der Waals surface area contributed by atoms with E-state index >= 15 is 0 Å². The Kier molecular flexibility index (Phi) is 6.75. The van der Waals surface area contributed by atoms with Crippen molar-refractivity contribution in [2.24, 2.45) is 22.2 Å². The minimum atomic E-state index is -0.972. The zero-order valence-corrected chi connectivity index (χ0v) is 13.7. The normalized spacial score (nSPS) is 12.2. The lowest BCUT2D eigenvalue weighted by Crippen LogP contribution is -2.32. The Labute approximate surface area is 139 Å². The number of aromatic amines is 1. The van der Waals surface area contributed by atoms with Crippen LogP contribution in [0.4, 0.5) is 0 Å². The van der Waals surface area contributed by atoms with E-state index in [1.54, 1.807) is 19.0 Å². The van der Waals surface area contributed by atoms with Crippen molar-refractivity contribution in [3.05, 3.63) is 36.0 Å². The molecule has 0 radical (unpaired) electrons. The Morgan fingerprint density at radius 1 is 1.38 bits per heavy atom. The molecular formula is C15H23N7O2. The van der Waals surface area contributed by atoms with Crippen LogP contribution >= 0.6 is 0 Å². The second-order valence-corrected chi connectivity index (χ2v) is 5.26. The van der Waals surface area contributed by atoms with E-state index in [2.05, 4.69) is 9.98 Å². The molecule has 0 unspecified atom stereocenters. The molecule has 1 heterocycles. The Balaban J connectivity index is 0.000000277. The lowest BCUT2D eigenvalue weighted by molar-refractivity contribution is -0.138. The molecule has 0 saturated heterocycles. The lowest BCUT2D eigenvalue weighted by atomic mass is 10.1. The molecule has 1 aromatic heterocycles. The van der Waals surface area contributed by atoms with Gasteiger partial charge in [-0.25, -0.2) is 0 Å². The quantitative estimate of drug-likeness (QED) is 0.337. The van der Waals surface area contributed by atoms with Crippen LogP contribution in [0.2, 0.25) is 0 Å². The summed E-state index contributed by atoms with van der Waals surface area (Å²) in [5, 5.41) is 16.5. The van der Waals surface area contributed by atoms with E-state index in [0.29, 0.717) is 6.42 Å². The van der Waals surface area contributed by atoms with Gasteiger partial charge >= 0.3 is 5.97 Å². The first-order valence-corrected chi connectivity index (χ1v) is 7.11. The van der Waals surface area contributed by atoms with E-state index < -0.39 is 12.0 Å². The molecule has 0 aliphatic heterocycles. The van der Waals surface area contributed by atoms with Gasteiger partial charge in [-0.3, -0.25) is 10.2 Å². The molecule has 24 heavy (non-hydrogen) atoms. The number of rotatable bonds is 3. The summed E-state index contributed by atoms with van der Waals surface area (Å²) in [7, 11) is 3.45. The van der Waals surface area contributed by atoms with E-state index in [1.165, 1.54) is 0 Å². The van der Waals surface area contributed by atoms with Gasteiger partial charge in [0.15, 0.2) is 5.96 Å². The van der Waals surface area contributed by atoms with Crippen LogP contribution in [0.1, 0.15) is 5.56 Å². The van der Waals surface area contributed by atoms with Crippen LogP contribution in [0.25, 0.3) is 10.9 Å². The third-order valence-corrected chi connectivity index (χ3v) is 3.13. The molecule has 9 nitrogen and oxygen atoms in total. The second-order valence-electron chi connectivity index (χ2n) is 5.26. The summed E-state index contributed by atoms with van der Waals surface area (Å²) in [6.07, 6.45) is 2.16. The molecule has 1 aromatic carbocycles.